The van der Waals surface area contributed by atoms with E-state index < -0.39 is 0 Å². The molecule has 0 aliphatic rings. The molecule has 0 aliphatic heterocycles. The number of hydrogen-bond donors (Lipinski definition) is 1. The lowest BCUT2D eigenvalue weighted by atomic mass is 10.2. The summed E-state index contributed by atoms with van der Waals surface area (Å²) in [7, 11) is 0. The van der Waals surface area contributed by atoms with E-state index in [1.807, 2.05) is 59.5 Å². The quantitative estimate of drug-likeness (QED) is 0.354. The minimum atomic E-state index is -0.205. The molecule has 3 rings (SSSR count). The summed E-state index contributed by atoms with van der Waals surface area (Å²) in [5.74, 6) is 0.348. The van der Waals surface area contributed by atoms with E-state index in [1.165, 1.54) is 0 Å². The number of rotatable bonds is 6. The van der Waals surface area contributed by atoms with Crippen molar-refractivity contribution in [3.8, 4) is 5.75 Å². The Bertz CT molecular complexity index is 1010. The van der Waals surface area contributed by atoms with Crippen LogP contribution in [-0.4, -0.2) is 17.6 Å². The molecule has 146 valence electrons. The van der Waals surface area contributed by atoms with Crippen molar-refractivity contribution in [1.82, 2.24) is 0 Å². The first kappa shape index (κ1) is 20.8. The number of nitrogens with one attached hydrogen (secondary N) is 1. The molecule has 4 nitrogen and oxygen atoms in total. The van der Waals surface area contributed by atoms with Gasteiger partial charge in [0.05, 0.1) is 5.69 Å². The molecule has 3 aromatic rings. The van der Waals surface area contributed by atoms with Crippen LogP contribution in [0.4, 0.5) is 11.4 Å². The van der Waals surface area contributed by atoms with Crippen molar-refractivity contribution in [2.45, 2.75) is 0 Å². The summed E-state index contributed by atoms with van der Waals surface area (Å²) in [4.78, 5) is 14.3. The maximum atomic E-state index is 12.5. The zero-order valence-electron chi connectivity index (χ0n) is 15.5. The molecule has 0 saturated carbocycles. The second kappa shape index (κ2) is 10.0. The van der Waals surface area contributed by atoms with Crippen LogP contribution in [0.15, 0.2) is 96.0 Å². The largest absolute Gasteiger partial charge is 0.432 e. The van der Waals surface area contributed by atoms with Gasteiger partial charge in [-0.25, -0.2) is 0 Å². The summed E-state index contributed by atoms with van der Waals surface area (Å²) >= 11 is 8.88. The highest BCUT2D eigenvalue weighted by Crippen LogP contribution is 2.23. The molecule has 0 spiro atoms. The lowest BCUT2D eigenvalue weighted by molar-refractivity contribution is 0.102. The fourth-order valence-corrected chi connectivity index (χ4v) is 3.27. The van der Waals surface area contributed by atoms with Gasteiger partial charge in [-0.3, -0.25) is 9.69 Å². The van der Waals surface area contributed by atoms with Crippen LogP contribution in [0.2, 0.25) is 0 Å². The molecule has 0 aromatic heterocycles. The van der Waals surface area contributed by atoms with E-state index >= 15 is 0 Å². The van der Waals surface area contributed by atoms with Gasteiger partial charge in [-0.2, -0.15) is 0 Å². The van der Waals surface area contributed by atoms with Gasteiger partial charge in [-0.1, -0.05) is 36.4 Å². The van der Waals surface area contributed by atoms with E-state index in [0.717, 1.165) is 10.2 Å². The topological polar surface area (TPSA) is 41.6 Å². The smallest absolute Gasteiger partial charge is 0.269 e. The molecule has 3 aromatic carbocycles. The first-order valence-corrected chi connectivity index (χ1v) is 10.1. The minimum absolute atomic E-state index is 0.205. The number of carbonyl (C=O) groups is 1. The van der Waals surface area contributed by atoms with Gasteiger partial charge in [0, 0.05) is 22.3 Å². The monoisotopic (exact) mass is 466 g/mol. The Morgan fingerprint density at radius 2 is 1.69 bits per heavy atom. The van der Waals surface area contributed by atoms with Crippen LogP contribution in [-0.2, 0) is 0 Å². The number of para-hydroxylation sites is 2. The van der Waals surface area contributed by atoms with Crippen LogP contribution < -0.4 is 15.0 Å². The number of hydrogen-bond acceptors (Lipinski definition) is 3. The lowest BCUT2D eigenvalue weighted by Gasteiger charge is -2.23. The summed E-state index contributed by atoms with van der Waals surface area (Å²) in [6.07, 6.45) is 1.76. The van der Waals surface area contributed by atoms with Crippen molar-refractivity contribution < 1.29 is 9.53 Å². The molecule has 29 heavy (non-hydrogen) atoms. The number of benzene rings is 3. The Hall–Kier alpha value is -2.96. The lowest BCUT2D eigenvalue weighted by Crippen LogP contribution is -2.33. The van der Waals surface area contributed by atoms with Crippen molar-refractivity contribution in [3.05, 3.63) is 102 Å². The van der Waals surface area contributed by atoms with Gasteiger partial charge in [0.15, 0.2) is 0 Å². The standard InChI is InChI=1S/C23H19BrN2O2S/c1-2-16-26(18-8-4-3-5-9-18)23(29)28-19-14-12-17(13-15-19)22(27)25-21-11-7-6-10-20(21)24/h2-15H,1,16H2,(H,25,27). The van der Waals surface area contributed by atoms with Crippen molar-refractivity contribution in [2.24, 2.45) is 0 Å². The van der Waals surface area contributed by atoms with Crippen LogP contribution in [0.1, 0.15) is 10.4 Å². The van der Waals surface area contributed by atoms with Gasteiger partial charge in [0.25, 0.3) is 11.1 Å². The second-order valence-electron chi connectivity index (χ2n) is 6.06. The number of thiocarbonyl (C=S) groups is 1. The average molecular weight is 467 g/mol. The second-order valence-corrected chi connectivity index (χ2v) is 7.26. The van der Waals surface area contributed by atoms with Crippen LogP contribution in [0.3, 0.4) is 0 Å². The fraction of sp³-hybridized carbons (Fsp3) is 0.0435. The van der Waals surface area contributed by atoms with E-state index in [2.05, 4.69) is 27.8 Å². The SMILES string of the molecule is C=CCN(C(=S)Oc1ccc(C(=O)Nc2ccccc2Br)cc1)c1ccccc1. The molecule has 0 bridgehead atoms. The number of halogens is 1. The molecular weight excluding hydrogens is 448 g/mol. The van der Waals surface area contributed by atoms with Crippen LogP contribution in [0.5, 0.6) is 5.75 Å². The van der Waals surface area contributed by atoms with E-state index in [-0.39, 0.29) is 5.91 Å². The zero-order valence-corrected chi connectivity index (χ0v) is 17.9. The minimum Gasteiger partial charge on any atom is -0.432 e. The van der Waals surface area contributed by atoms with Gasteiger partial charge in [-0.05, 0) is 76.7 Å². The maximum Gasteiger partial charge on any atom is 0.269 e. The summed E-state index contributed by atoms with van der Waals surface area (Å²) in [5.41, 5.74) is 2.15. The zero-order chi connectivity index (χ0) is 20.6. The highest BCUT2D eigenvalue weighted by atomic mass is 79.9. The number of ether oxygens (including phenoxy) is 1. The van der Waals surface area contributed by atoms with E-state index in [0.29, 0.717) is 28.7 Å². The molecule has 6 heteroatoms. The van der Waals surface area contributed by atoms with Gasteiger partial charge in [-0.15, -0.1) is 6.58 Å². The molecule has 0 atom stereocenters. The molecule has 0 aliphatic carbocycles. The summed E-state index contributed by atoms with van der Waals surface area (Å²) in [6, 6.07) is 24.0. The summed E-state index contributed by atoms with van der Waals surface area (Å²) < 4.78 is 6.65. The number of nitrogens with zero attached hydrogens (tertiary/aromatic N) is 1. The Morgan fingerprint density at radius 3 is 2.34 bits per heavy atom. The van der Waals surface area contributed by atoms with Crippen molar-refractivity contribution in [2.75, 3.05) is 16.8 Å². The third-order valence-corrected chi connectivity index (χ3v) is 5.04. The molecule has 0 fully saturated rings. The number of amides is 1. The average Bonchev–Trinajstić information content (AvgIpc) is 2.74. The van der Waals surface area contributed by atoms with Gasteiger partial charge < -0.3 is 10.1 Å². The maximum absolute atomic E-state index is 12.5. The van der Waals surface area contributed by atoms with Crippen LogP contribution in [0.25, 0.3) is 0 Å². The normalized spacial score (nSPS) is 10.1. The molecular formula is C23H19BrN2O2S. The number of carbonyl (C=O) groups excluding carboxylic acids is 1. The summed E-state index contributed by atoms with van der Waals surface area (Å²) in [5, 5.41) is 3.18. The molecule has 1 amide bonds. The molecule has 0 heterocycles. The highest BCUT2D eigenvalue weighted by Gasteiger charge is 2.13. The molecule has 0 unspecified atom stereocenters. The molecule has 0 radical (unpaired) electrons. The summed E-state index contributed by atoms with van der Waals surface area (Å²) in [6.45, 7) is 4.31. The first-order valence-electron chi connectivity index (χ1n) is 8.89. The van der Waals surface area contributed by atoms with E-state index in [4.69, 9.17) is 17.0 Å². The molecule has 1 N–H and O–H groups in total. The first-order chi connectivity index (χ1) is 14.1. The van der Waals surface area contributed by atoms with Gasteiger partial charge >= 0.3 is 0 Å². The predicted molar refractivity (Wildman–Crippen MR) is 126 cm³/mol. The van der Waals surface area contributed by atoms with Crippen molar-refractivity contribution >= 4 is 50.6 Å². The van der Waals surface area contributed by atoms with E-state index in [1.54, 1.807) is 30.3 Å². The van der Waals surface area contributed by atoms with E-state index in [9.17, 15) is 4.79 Å². The van der Waals surface area contributed by atoms with Crippen molar-refractivity contribution in [1.29, 1.82) is 0 Å². The Labute approximate surface area is 183 Å². The predicted octanol–water partition coefficient (Wildman–Crippen LogP) is 6.06. The van der Waals surface area contributed by atoms with Crippen LogP contribution >= 0.6 is 28.1 Å². The van der Waals surface area contributed by atoms with Gasteiger partial charge in [0.1, 0.15) is 5.75 Å². The molecule has 0 saturated heterocycles. The third-order valence-electron chi connectivity index (χ3n) is 4.04. The van der Waals surface area contributed by atoms with Crippen LogP contribution in [0, 0.1) is 0 Å². The Morgan fingerprint density at radius 1 is 1.03 bits per heavy atom. The third kappa shape index (κ3) is 5.53. The fourth-order valence-electron chi connectivity index (χ4n) is 2.61. The highest BCUT2D eigenvalue weighted by molar-refractivity contribution is 9.10. The Balaban J connectivity index is 1.68. The number of anilines is 2. The van der Waals surface area contributed by atoms with Gasteiger partial charge in [0.2, 0.25) is 0 Å². The Kier molecular flexibility index (Phi) is 7.16. The van der Waals surface area contributed by atoms with Crippen molar-refractivity contribution in [3.63, 3.8) is 0 Å².